The molecule has 0 saturated heterocycles. The Hall–Kier alpha value is -2.10. The van der Waals surface area contributed by atoms with Crippen LogP contribution in [0.5, 0.6) is 0 Å². The normalized spacial score (nSPS) is 21.1. The van der Waals surface area contributed by atoms with Gasteiger partial charge in [0.25, 0.3) is 0 Å². The molecule has 19 heavy (non-hydrogen) atoms. The Kier molecular flexibility index (Phi) is 5.79. The van der Waals surface area contributed by atoms with Gasteiger partial charge in [-0.25, -0.2) is 4.99 Å². The minimum absolute atomic E-state index is 0.0346. The first kappa shape index (κ1) is 15.0. The van der Waals surface area contributed by atoms with Crippen LogP contribution in [0.4, 0.5) is 0 Å². The standard InChI is InChI=1S/C15H20N2O2/c1-5-16-15(19-4)13-9-7-8-10-14(18)17(6-2)11-12(13)3/h5-9,12H,1-2,10-11H2,3-4H3. The van der Waals surface area contributed by atoms with Crippen LogP contribution in [0.25, 0.3) is 0 Å². The molecule has 0 saturated carbocycles. The monoisotopic (exact) mass is 260 g/mol. The van der Waals surface area contributed by atoms with Gasteiger partial charge in [0.1, 0.15) is 0 Å². The fourth-order valence-corrected chi connectivity index (χ4v) is 1.90. The summed E-state index contributed by atoms with van der Waals surface area (Å²) in [6.45, 7) is 9.83. The van der Waals surface area contributed by atoms with E-state index in [1.54, 1.807) is 18.2 Å². The van der Waals surface area contributed by atoms with E-state index in [1.165, 1.54) is 6.20 Å². The van der Waals surface area contributed by atoms with Gasteiger partial charge in [-0.2, -0.15) is 0 Å². The van der Waals surface area contributed by atoms with E-state index in [0.717, 1.165) is 5.57 Å². The van der Waals surface area contributed by atoms with Crippen molar-refractivity contribution in [1.82, 2.24) is 4.90 Å². The second kappa shape index (κ2) is 7.36. The van der Waals surface area contributed by atoms with Gasteiger partial charge in [-0.1, -0.05) is 38.3 Å². The van der Waals surface area contributed by atoms with Gasteiger partial charge in [-0.3, -0.25) is 4.79 Å². The zero-order valence-electron chi connectivity index (χ0n) is 11.5. The average Bonchev–Trinajstić information content (AvgIpc) is 2.47. The van der Waals surface area contributed by atoms with Crippen molar-refractivity contribution >= 4 is 11.8 Å². The average molecular weight is 260 g/mol. The second-order valence-electron chi connectivity index (χ2n) is 4.20. The summed E-state index contributed by atoms with van der Waals surface area (Å²) in [6, 6.07) is 0. The first-order valence-electron chi connectivity index (χ1n) is 6.15. The molecule has 0 radical (unpaired) electrons. The van der Waals surface area contributed by atoms with Crippen molar-refractivity contribution in [2.45, 2.75) is 13.3 Å². The molecule has 0 N–H and O–H groups in total. The number of aliphatic imine (C=N–C) groups is 1. The van der Waals surface area contributed by atoms with E-state index >= 15 is 0 Å². The summed E-state index contributed by atoms with van der Waals surface area (Å²) in [5.41, 5.74) is 0.931. The number of amides is 1. The molecule has 0 aromatic heterocycles. The Morgan fingerprint density at radius 1 is 1.58 bits per heavy atom. The van der Waals surface area contributed by atoms with Crippen LogP contribution in [0.2, 0.25) is 0 Å². The Bertz CT molecular complexity index is 447. The summed E-state index contributed by atoms with van der Waals surface area (Å²) >= 11 is 0. The Balaban J connectivity index is 3.09. The van der Waals surface area contributed by atoms with Crippen LogP contribution in [0, 0.1) is 5.92 Å². The lowest BCUT2D eigenvalue weighted by Crippen LogP contribution is -2.31. The number of carbonyl (C=O) groups is 1. The first-order valence-corrected chi connectivity index (χ1v) is 6.15. The van der Waals surface area contributed by atoms with Gasteiger partial charge in [0.05, 0.1) is 7.11 Å². The third-order valence-electron chi connectivity index (χ3n) is 2.90. The van der Waals surface area contributed by atoms with Crippen LogP contribution in [0.3, 0.4) is 0 Å². The molecule has 0 aliphatic carbocycles. The molecular formula is C15H20N2O2. The highest BCUT2D eigenvalue weighted by Crippen LogP contribution is 2.18. The van der Waals surface area contributed by atoms with Crippen LogP contribution in [-0.4, -0.2) is 30.4 Å². The van der Waals surface area contributed by atoms with Crippen LogP contribution in [-0.2, 0) is 9.53 Å². The van der Waals surface area contributed by atoms with Crippen LogP contribution in [0.15, 0.2) is 54.4 Å². The number of carbonyl (C=O) groups excluding carboxylic acids is 1. The number of hydrogen-bond acceptors (Lipinski definition) is 3. The maximum absolute atomic E-state index is 11.9. The van der Waals surface area contributed by atoms with E-state index in [1.807, 2.05) is 25.2 Å². The number of methoxy groups -OCH3 is 1. The summed E-state index contributed by atoms with van der Waals surface area (Å²) in [5.74, 6) is 0.640. The third kappa shape index (κ3) is 3.95. The van der Waals surface area contributed by atoms with Gasteiger partial charge in [0.15, 0.2) is 0 Å². The number of ether oxygens (including phenoxy) is 1. The largest absolute Gasteiger partial charge is 0.481 e. The lowest BCUT2D eigenvalue weighted by atomic mass is 9.99. The molecule has 0 bridgehead atoms. The molecule has 0 aromatic carbocycles. The van der Waals surface area contributed by atoms with Gasteiger partial charge in [-0.15, -0.1) is 0 Å². The molecule has 1 heterocycles. The molecular weight excluding hydrogens is 240 g/mol. The molecule has 0 spiro atoms. The molecule has 4 nitrogen and oxygen atoms in total. The van der Waals surface area contributed by atoms with Gasteiger partial charge in [0, 0.05) is 30.7 Å². The molecule has 4 heteroatoms. The third-order valence-corrected chi connectivity index (χ3v) is 2.90. The van der Waals surface area contributed by atoms with E-state index in [2.05, 4.69) is 18.2 Å². The van der Waals surface area contributed by atoms with E-state index in [0.29, 0.717) is 18.9 Å². The smallest absolute Gasteiger partial charge is 0.230 e. The summed E-state index contributed by atoms with van der Waals surface area (Å²) in [7, 11) is 1.57. The number of hydrogen-bond donors (Lipinski definition) is 0. The molecule has 0 aromatic rings. The SMILES string of the molecule is C=CN=C(OC)C1=CC=CCC(=O)N(C=C)CC1C. The quantitative estimate of drug-likeness (QED) is 0.578. The highest BCUT2D eigenvalue weighted by Gasteiger charge is 2.20. The summed E-state index contributed by atoms with van der Waals surface area (Å²) < 4.78 is 5.28. The van der Waals surface area contributed by atoms with Gasteiger partial charge < -0.3 is 9.64 Å². The number of rotatable bonds is 3. The maximum Gasteiger partial charge on any atom is 0.230 e. The minimum Gasteiger partial charge on any atom is -0.481 e. The molecule has 0 fully saturated rings. The van der Waals surface area contributed by atoms with Gasteiger partial charge >= 0.3 is 0 Å². The fraction of sp³-hybridized carbons (Fsp3) is 0.333. The molecule has 1 amide bonds. The predicted octanol–water partition coefficient (Wildman–Crippen LogP) is 2.67. The highest BCUT2D eigenvalue weighted by molar-refractivity contribution is 5.95. The Labute approximate surface area is 114 Å². The summed E-state index contributed by atoms with van der Waals surface area (Å²) in [4.78, 5) is 17.6. The van der Waals surface area contributed by atoms with Crippen molar-refractivity contribution < 1.29 is 9.53 Å². The fourth-order valence-electron chi connectivity index (χ4n) is 1.90. The lowest BCUT2D eigenvalue weighted by Gasteiger charge is -2.23. The molecule has 1 atom stereocenters. The van der Waals surface area contributed by atoms with Crippen molar-refractivity contribution in [2.24, 2.45) is 10.9 Å². The van der Waals surface area contributed by atoms with Crippen LogP contribution in [0.1, 0.15) is 13.3 Å². The topological polar surface area (TPSA) is 41.9 Å². The molecule has 102 valence electrons. The molecule has 1 unspecified atom stereocenters. The zero-order valence-corrected chi connectivity index (χ0v) is 11.5. The van der Waals surface area contributed by atoms with Crippen molar-refractivity contribution in [3.05, 3.63) is 49.4 Å². The van der Waals surface area contributed by atoms with Crippen molar-refractivity contribution in [1.29, 1.82) is 0 Å². The van der Waals surface area contributed by atoms with Crippen molar-refractivity contribution in [3.8, 4) is 0 Å². The van der Waals surface area contributed by atoms with E-state index < -0.39 is 0 Å². The number of nitrogens with zero attached hydrogens (tertiary/aromatic N) is 2. The van der Waals surface area contributed by atoms with E-state index in [4.69, 9.17) is 4.74 Å². The highest BCUT2D eigenvalue weighted by atomic mass is 16.5. The Morgan fingerprint density at radius 2 is 2.32 bits per heavy atom. The van der Waals surface area contributed by atoms with Crippen LogP contribution < -0.4 is 0 Å². The maximum atomic E-state index is 11.9. The predicted molar refractivity (Wildman–Crippen MR) is 77.6 cm³/mol. The lowest BCUT2D eigenvalue weighted by molar-refractivity contribution is -0.128. The van der Waals surface area contributed by atoms with Gasteiger partial charge in [-0.05, 0) is 6.20 Å². The first-order chi connectivity index (χ1) is 9.13. The molecule has 1 aliphatic heterocycles. The Morgan fingerprint density at radius 3 is 2.89 bits per heavy atom. The van der Waals surface area contributed by atoms with Crippen molar-refractivity contribution in [3.63, 3.8) is 0 Å². The van der Waals surface area contributed by atoms with E-state index in [9.17, 15) is 4.79 Å². The van der Waals surface area contributed by atoms with E-state index in [-0.39, 0.29) is 11.8 Å². The number of allylic oxidation sites excluding steroid dienone is 2. The molecule has 1 rings (SSSR count). The summed E-state index contributed by atoms with van der Waals surface area (Å²) in [6.07, 6.45) is 8.97. The van der Waals surface area contributed by atoms with Crippen molar-refractivity contribution in [2.75, 3.05) is 13.7 Å². The second-order valence-corrected chi connectivity index (χ2v) is 4.20. The molecule has 1 aliphatic rings. The minimum atomic E-state index is 0.0346. The van der Waals surface area contributed by atoms with Crippen LogP contribution >= 0.6 is 0 Å². The summed E-state index contributed by atoms with van der Waals surface area (Å²) in [5, 5.41) is 0. The zero-order chi connectivity index (χ0) is 14.3. The van der Waals surface area contributed by atoms with Gasteiger partial charge in [0.2, 0.25) is 11.8 Å².